The quantitative estimate of drug-likeness (QED) is 0.709. The molecule has 0 aliphatic heterocycles. The highest BCUT2D eigenvalue weighted by atomic mass is 79.9. The molecule has 0 aliphatic rings. The summed E-state index contributed by atoms with van der Waals surface area (Å²) in [6.07, 6.45) is 0. The molecule has 6 heteroatoms. The van der Waals surface area contributed by atoms with Gasteiger partial charge in [0.25, 0.3) is 5.91 Å². The Kier molecular flexibility index (Phi) is 3.69. The summed E-state index contributed by atoms with van der Waals surface area (Å²) >= 11 is 9.38. The minimum absolute atomic E-state index is 0.275. The number of hydrogen-bond donors (Lipinski definition) is 1. The van der Waals surface area contributed by atoms with Crippen LogP contribution in [0.2, 0.25) is 5.02 Å². The number of aryl methyl sites for hydroxylation is 1. The van der Waals surface area contributed by atoms with E-state index in [-0.39, 0.29) is 5.91 Å². The maximum atomic E-state index is 12.2. The average Bonchev–Trinajstić information content (AvgIpc) is 2.77. The van der Waals surface area contributed by atoms with E-state index in [1.165, 1.54) is 0 Å². The van der Waals surface area contributed by atoms with Crippen LogP contribution in [0.5, 0.6) is 0 Å². The highest BCUT2D eigenvalue weighted by molar-refractivity contribution is 9.10. The van der Waals surface area contributed by atoms with Crippen molar-refractivity contribution in [2.45, 2.75) is 6.92 Å². The number of hydrogen-bond acceptors (Lipinski definition) is 3. The summed E-state index contributed by atoms with van der Waals surface area (Å²) in [7, 11) is 0. The van der Waals surface area contributed by atoms with Crippen molar-refractivity contribution < 1.29 is 9.21 Å². The zero-order chi connectivity index (χ0) is 15.0. The number of rotatable bonds is 2. The zero-order valence-electron chi connectivity index (χ0n) is 11.0. The van der Waals surface area contributed by atoms with Crippen LogP contribution in [-0.4, -0.2) is 10.9 Å². The molecular formula is C15H10BrClN2O2. The average molecular weight is 366 g/mol. The Morgan fingerprint density at radius 1 is 1.29 bits per heavy atom. The predicted octanol–water partition coefficient (Wildman–Crippen LogP) is 4.80. The Labute approximate surface area is 134 Å². The van der Waals surface area contributed by atoms with Crippen LogP contribution in [0, 0.1) is 6.92 Å². The number of carbonyl (C=O) groups excluding carboxylic acids is 1. The number of anilines is 1. The zero-order valence-corrected chi connectivity index (χ0v) is 13.3. The van der Waals surface area contributed by atoms with E-state index in [0.717, 1.165) is 9.99 Å². The lowest BCUT2D eigenvalue weighted by Crippen LogP contribution is -2.12. The number of nitrogens with zero attached hydrogens (tertiary/aromatic N) is 1. The first-order valence-electron chi connectivity index (χ1n) is 6.16. The Morgan fingerprint density at radius 3 is 2.86 bits per heavy atom. The van der Waals surface area contributed by atoms with Gasteiger partial charge in [0, 0.05) is 23.2 Å². The molecule has 0 atom stereocenters. The Bertz CT molecular complexity index is 845. The topological polar surface area (TPSA) is 55.1 Å². The highest BCUT2D eigenvalue weighted by Gasteiger charge is 2.12. The molecule has 0 unspecified atom stereocenters. The number of amides is 1. The van der Waals surface area contributed by atoms with Gasteiger partial charge in [0.2, 0.25) is 0 Å². The molecule has 1 N–H and O–H groups in total. The molecule has 1 aromatic heterocycles. The Morgan fingerprint density at radius 2 is 2.10 bits per heavy atom. The second-order valence-electron chi connectivity index (χ2n) is 4.49. The molecule has 0 aliphatic carbocycles. The molecule has 0 saturated carbocycles. The fourth-order valence-electron chi connectivity index (χ4n) is 1.99. The van der Waals surface area contributed by atoms with Crippen LogP contribution < -0.4 is 5.32 Å². The van der Waals surface area contributed by atoms with Gasteiger partial charge < -0.3 is 9.73 Å². The van der Waals surface area contributed by atoms with Gasteiger partial charge in [-0.05, 0) is 30.3 Å². The summed E-state index contributed by atoms with van der Waals surface area (Å²) in [5, 5.41) is 3.18. The van der Waals surface area contributed by atoms with Gasteiger partial charge in [0.15, 0.2) is 11.5 Å². The number of halogens is 2. The van der Waals surface area contributed by atoms with Crippen LogP contribution in [-0.2, 0) is 0 Å². The van der Waals surface area contributed by atoms with E-state index >= 15 is 0 Å². The van der Waals surface area contributed by atoms with Crippen molar-refractivity contribution in [3.8, 4) is 0 Å². The lowest BCUT2D eigenvalue weighted by Gasteiger charge is -2.07. The van der Waals surface area contributed by atoms with Crippen LogP contribution >= 0.6 is 27.5 Å². The monoisotopic (exact) mass is 364 g/mol. The largest absolute Gasteiger partial charge is 0.441 e. The van der Waals surface area contributed by atoms with Gasteiger partial charge >= 0.3 is 0 Å². The van der Waals surface area contributed by atoms with Crippen molar-refractivity contribution in [3.63, 3.8) is 0 Å². The normalized spacial score (nSPS) is 10.8. The van der Waals surface area contributed by atoms with Crippen LogP contribution in [0.15, 0.2) is 45.3 Å². The number of oxazole rings is 1. The fraction of sp³-hybridized carbons (Fsp3) is 0.0667. The van der Waals surface area contributed by atoms with Gasteiger partial charge in [-0.1, -0.05) is 27.5 Å². The first-order chi connectivity index (χ1) is 10.0. The maximum absolute atomic E-state index is 12.2. The summed E-state index contributed by atoms with van der Waals surface area (Å²) in [6, 6.07) is 10.4. The number of aromatic nitrogens is 1. The smallest absolute Gasteiger partial charge is 0.257 e. The second-order valence-corrected chi connectivity index (χ2v) is 5.82. The van der Waals surface area contributed by atoms with Gasteiger partial charge in [0.05, 0.1) is 10.6 Å². The van der Waals surface area contributed by atoms with Crippen molar-refractivity contribution in [2.75, 3.05) is 5.32 Å². The van der Waals surface area contributed by atoms with E-state index in [4.69, 9.17) is 16.0 Å². The lowest BCUT2D eigenvalue weighted by molar-refractivity contribution is 0.102. The molecule has 1 amide bonds. The SMILES string of the molecule is Cc1nc2ccc(NC(=O)c3ccc(Br)cc3Cl)cc2o1. The van der Waals surface area contributed by atoms with Gasteiger partial charge in [-0.2, -0.15) is 0 Å². The summed E-state index contributed by atoms with van der Waals surface area (Å²) in [5.74, 6) is 0.313. The van der Waals surface area contributed by atoms with E-state index in [1.54, 1.807) is 43.3 Å². The third kappa shape index (κ3) is 2.94. The molecule has 0 bridgehead atoms. The number of fused-ring (bicyclic) bond motifs is 1. The van der Waals surface area contributed by atoms with E-state index < -0.39 is 0 Å². The predicted molar refractivity (Wildman–Crippen MR) is 85.9 cm³/mol. The van der Waals surface area contributed by atoms with E-state index in [1.807, 2.05) is 0 Å². The second kappa shape index (κ2) is 5.50. The van der Waals surface area contributed by atoms with Crippen LogP contribution in [0.4, 0.5) is 5.69 Å². The molecule has 0 radical (unpaired) electrons. The van der Waals surface area contributed by atoms with E-state index in [0.29, 0.717) is 27.7 Å². The molecular weight excluding hydrogens is 356 g/mol. The van der Waals surface area contributed by atoms with Gasteiger partial charge in [0.1, 0.15) is 5.52 Å². The minimum atomic E-state index is -0.275. The molecule has 2 aromatic carbocycles. The molecule has 0 spiro atoms. The number of benzene rings is 2. The lowest BCUT2D eigenvalue weighted by atomic mass is 10.2. The number of nitrogens with one attached hydrogen (secondary N) is 1. The number of carbonyl (C=O) groups is 1. The van der Waals surface area contributed by atoms with Gasteiger partial charge in [-0.15, -0.1) is 0 Å². The van der Waals surface area contributed by atoms with Crippen molar-refractivity contribution >= 4 is 50.2 Å². The van der Waals surface area contributed by atoms with Crippen LogP contribution in [0.25, 0.3) is 11.1 Å². The summed E-state index contributed by atoms with van der Waals surface area (Å²) < 4.78 is 6.26. The molecule has 1 heterocycles. The molecule has 0 fully saturated rings. The Balaban J connectivity index is 1.88. The first kappa shape index (κ1) is 14.1. The first-order valence-corrected chi connectivity index (χ1v) is 7.33. The molecule has 21 heavy (non-hydrogen) atoms. The van der Waals surface area contributed by atoms with Crippen molar-refractivity contribution in [2.24, 2.45) is 0 Å². The summed E-state index contributed by atoms with van der Waals surface area (Å²) in [4.78, 5) is 16.4. The molecule has 3 rings (SSSR count). The van der Waals surface area contributed by atoms with Crippen LogP contribution in [0.3, 0.4) is 0 Å². The van der Waals surface area contributed by atoms with Crippen molar-refractivity contribution in [1.82, 2.24) is 4.98 Å². The van der Waals surface area contributed by atoms with Gasteiger partial charge in [-0.25, -0.2) is 4.98 Å². The minimum Gasteiger partial charge on any atom is -0.441 e. The third-order valence-electron chi connectivity index (χ3n) is 2.93. The molecule has 4 nitrogen and oxygen atoms in total. The van der Waals surface area contributed by atoms with E-state index in [2.05, 4.69) is 26.2 Å². The van der Waals surface area contributed by atoms with Crippen molar-refractivity contribution in [3.05, 3.63) is 57.3 Å². The summed E-state index contributed by atoms with van der Waals surface area (Å²) in [6.45, 7) is 1.78. The summed E-state index contributed by atoms with van der Waals surface area (Å²) in [5.41, 5.74) is 2.43. The van der Waals surface area contributed by atoms with Gasteiger partial charge in [-0.3, -0.25) is 4.79 Å². The highest BCUT2D eigenvalue weighted by Crippen LogP contribution is 2.24. The molecule has 0 saturated heterocycles. The molecule has 106 valence electrons. The maximum Gasteiger partial charge on any atom is 0.257 e. The third-order valence-corrected chi connectivity index (χ3v) is 3.73. The molecule has 3 aromatic rings. The van der Waals surface area contributed by atoms with E-state index in [9.17, 15) is 4.79 Å². The van der Waals surface area contributed by atoms with Crippen molar-refractivity contribution in [1.29, 1.82) is 0 Å². The Hall–Kier alpha value is -1.85. The standard InChI is InChI=1S/C15H10BrClN2O2/c1-8-18-13-5-3-10(7-14(13)21-8)19-15(20)11-4-2-9(16)6-12(11)17/h2-7H,1H3,(H,19,20). The van der Waals surface area contributed by atoms with Crippen LogP contribution in [0.1, 0.15) is 16.2 Å². The fourth-order valence-corrected chi connectivity index (χ4v) is 2.75.